The first-order valence-electron chi connectivity index (χ1n) is 4.01. The van der Waals surface area contributed by atoms with E-state index in [-0.39, 0.29) is 0 Å². The number of nitrogens with zero attached hydrogens (tertiary/aromatic N) is 2. The molecular weight excluding hydrogens is 180 g/mol. The molecule has 3 heteroatoms. The third-order valence-corrected chi connectivity index (χ3v) is 2.95. The molecular formula is C10H6N2S. The van der Waals surface area contributed by atoms with Crippen LogP contribution in [-0.2, 0) is 0 Å². The Bertz CT molecular complexity index is 461. The van der Waals surface area contributed by atoms with Crippen molar-refractivity contribution in [2.45, 2.75) is 0 Å². The molecule has 2 aliphatic rings. The van der Waals surface area contributed by atoms with Gasteiger partial charge >= 0.3 is 0 Å². The molecule has 0 atom stereocenters. The van der Waals surface area contributed by atoms with E-state index in [1.54, 1.807) is 11.3 Å². The van der Waals surface area contributed by atoms with Crippen molar-refractivity contribution in [3.05, 3.63) is 45.9 Å². The van der Waals surface area contributed by atoms with Crippen molar-refractivity contribution in [3.63, 3.8) is 0 Å². The largest absolute Gasteiger partial charge is 0.263 e. The molecule has 0 spiro atoms. The Hall–Kier alpha value is -1.48. The van der Waals surface area contributed by atoms with Crippen molar-refractivity contribution in [1.82, 2.24) is 0 Å². The molecule has 3 heterocycles. The summed E-state index contributed by atoms with van der Waals surface area (Å²) in [7, 11) is 0. The summed E-state index contributed by atoms with van der Waals surface area (Å²) in [6.07, 6.45) is 5.59. The minimum absolute atomic E-state index is 1.06. The summed E-state index contributed by atoms with van der Waals surface area (Å²) in [5.41, 5.74) is 3.34. The molecule has 0 aromatic carbocycles. The predicted octanol–water partition coefficient (Wildman–Crippen LogP) is 2.40. The van der Waals surface area contributed by atoms with Gasteiger partial charge in [0.05, 0.1) is 10.6 Å². The van der Waals surface area contributed by atoms with Gasteiger partial charge in [0.25, 0.3) is 0 Å². The van der Waals surface area contributed by atoms with Crippen LogP contribution in [0.3, 0.4) is 0 Å². The SMILES string of the molecule is C1=NC=C2C1=CN=C2c1cccs1. The van der Waals surface area contributed by atoms with Crippen LogP contribution in [0.1, 0.15) is 4.88 Å². The lowest BCUT2D eigenvalue weighted by atomic mass is 10.1. The van der Waals surface area contributed by atoms with Crippen LogP contribution in [0.15, 0.2) is 51.0 Å². The van der Waals surface area contributed by atoms with Crippen molar-refractivity contribution in [2.75, 3.05) is 0 Å². The minimum atomic E-state index is 1.06. The smallest absolute Gasteiger partial charge is 0.0896 e. The average Bonchev–Trinajstić information content (AvgIpc) is 2.79. The van der Waals surface area contributed by atoms with E-state index in [0.717, 1.165) is 16.9 Å². The Morgan fingerprint density at radius 2 is 2.23 bits per heavy atom. The average molecular weight is 186 g/mol. The third-order valence-electron chi connectivity index (χ3n) is 2.07. The van der Waals surface area contributed by atoms with E-state index in [9.17, 15) is 0 Å². The minimum Gasteiger partial charge on any atom is -0.263 e. The number of aliphatic imine (C=N–C) groups is 2. The maximum absolute atomic E-state index is 4.37. The first-order valence-corrected chi connectivity index (χ1v) is 4.89. The Balaban J connectivity index is 2.07. The Kier molecular flexibility index (Phi) is 1.34. The van der Waals surface area contributed by atoms with Crippen LogP contribution in [0.25, 0.3) is 0 Å². The molecule has 0 N–H and O–H groups in total. The molecule has 0 saturated carbocycles. The van der Waals surface area contributed by atoms with E-state index >= 15 is 0 Å². The van der Waals surface area contributed by atoms with E-state index in [2.05, 4.69) is 21.4 Å². The molecule has 0 fully saturated rings. The fourth-order valence-electron chi connectivity index (χ4n) is 1.45. The lowest BCUT2D eigenvalue weighted by Crippen LogP contribution is -1.98. The molecule has 2 aliphatic heterocycles. The van der Waals surface area contributed by atoms with Gasteiger partial charge in [-0.1, -0.05) is 6.07 Å². The summed E-state index contributed by atoms with van der Waals surface area (Å²) in [5, 5.41) is 2.06. The zero-order chi connectivity index (χ0) is 8.67. The summed E-state index contributed by atoms with van der Waals surface area (Å²) in [6, 6.07) is 4.12. The number of allylic oxidation sites excluding steroid dienone is 2. The second-order valence-electron chi connectivity index (χ2n) is 2.86. The second-order valence-corrected chi connectivity index (χ2v) is 3.81. The van der Waals surface area contributed by atoms with Gasteiger partial charge in [-0.05, 0) is 11.4 Å². The molecule has 2 nitrogen and oxygen atoms in total. The van der Waals surface area contributed by atoms with Crippen molar-refractivity contribution in [3.8, 4) is 0 Å². The summed E-state index contributed by atoms with van der Waals surface area (Å²) < 4.78 is 0. The van der Waals surface area contributed by atoms with Crippen LogP contribution < -0.4 is 0 Å². The van der Waals surface area contributed by atoms with Gasteiger partial charge in [-0.25, -0.2) is 0 Å². The van der Waals surface area contributed by atoms with Gasteiger partial charge in [0.1, 0.15) is 0 Å². The molecule has 0 saturated heterocycles. The van der Waals surface area contributed by atoms with Crippen molar-refractivity contribution < 1.29 is 0 Å². The maximum Gasteiger partial charge on any atom is 0.0896 e. The molecule has 0 bridgehead atoms. The third kappa shape index (κ3) is 0.939. The number of hydrogen-bond acceptors (Lipinski definition) is 3. The number of fused-ring (bicyclic) bond motifs is 1. The van der Waals surface area contributed by atoms with Gasteiger partial charge in [-0.2, -0.15) is 0 Å². The number of hydrogen-bond donors (Lipinski definition) is 0. The van der Waals surface area contributed by atoms with Gasteiger partial charge in [0.2, 0.25) is 0 Å². The van der Waals surface area contributed by atoms with Crippen LogP contribution in [0.4, 0.5) is 0 Å². The lowest BCUT2D eigenvalue weighted by Gasteiger charge is -1.97. The summed E-state index contributed by atoms with van der Waals surface area (Å²) in [4.78, 5) is 9.68. The zero-order valence-electron chi connectivity index (χ0n) is 6.77. The van der Waals surface area contributed by atoms with E-state index in [1.165, 1.54) is 4.88 Å². The van der Waals surface area contributed by atoms with Crippen LogP contribution >= 0.6 is 11.3 Å². The first kappa shape index (κ1) is 6.97. The normalized spacial score (nSPS) is 18.3. The molecule has 13 heavy (non-hydrogen) atoms. The zero-order valence-corrected chi connectivity index (χ0v) is 7.58. The second kappa shape index (κ2) is 2.50. The molecule has 3 rings (SSSR count). The molecule has 0 amide bonds. The van der Waals surface area contributed by atoms with E-state index in [0.29, 0.717) is 0 Å². The van der Waals surface area contributed by atoms with Crippen LogP contribution in [0.5, 0.6) is 0 Å². The van der Waals surface area contributed by atoms with Crippen molar-refractivity contribution in [2.24, 2.45) is 9.98 Å². The molecule has 1 aromatic heterocycles. The Labute approximate surface area is 79.7 Å². The first-order chi connectivity index (χ1) is 6.45. The van der Waals surface area contributed by atoms with Crippen LogP contribution in [0, 0.1) is 0 Å². The molecule has 0 aliphatic carbocycles. The van der Waals surface area contributed by atoms with E-state index in [4.69, 9.17) is 0 Å². The highest BCUT2D eigenvalue weighted by atomic mass is 32.1. The number of thiophene rings is 1. The van der Waals surface area contributed by atoms with Gasteiger partial charge in [-0.15, -0.1) is 11.3 Å². The van der Waals surface area contributed by atoms with E-state index in [1.807, 2.05) is 24.7 Å². The summed E-state index contributed by atoms with van der Waals surface area (Å²) in [5.74, 6) is 0. The molecule has 62 valence electrons. The van der Waals surface area contributed by atoms with Gasteiger partial charge in [0, 0.05) is 29.8 Å². The highest BCUT2D eigenvalue weighted by Crippen LogP contribution is 2.27. The van der Waals surface area contributed by atoms with Gasteiger partial charge in [0.15, 0.2) is 0 Å². The Morgan fingerprint density at radius 3 is 3.08 bits per heavy atom. The van der Waals surface area contributed by atoms with Gasteiger partial charge in [-0.3, -0.25) is 9.98 Å². The highest BCUT2D eigenvalue weighted by Gasteiger charge is 2.20. The van der Waals surface area contributed by atoms with Crippen LogP contribution in [-0.4, -0.2) is 11.9 Å². The van der Waals surface area contributed by atoms with E-state index < -0.39 is 0 Å². The fourth-order valence-corrected chi connectivity index (χ4v) is 2.19. The van der Waals surface area contributed by atoms with Crippen molar-refractivity contribution in [1.29, 1.82) is 0 Å². The molecule has 0 radical (unpaired) electrons. The van der Waals surface area contributed by atoms with Crippen LogP contribution in [0.2, 0.25) is 0 Å². The summed E-state index contributed by atoms with van der Waals surface area (Å²) >= 11 is 1.71. The fraction of sp³-hybridized carbons (Fsp3) is 0. The predicted molar refractivity (Wildman–Crippen MR) is 55.5 cm³/mol. The standard InChI is InChI=1S/C10H6N2S/c1-2-9(13-3-1)10-8-6-11-4-7(8)5-12-10/h1-6H. The lowest BCUT2D eigenvalue weighted by molar-refractivity contribution is 1.58. The summed E-state index contributed by atoms with van der Waals surface area (Å²) in [6.45, 7) is 0. The Morgan fingerprint density at radius 1 is 1.23 bits per heavy atom. The topological polar surface area (TPSA) is 24.7 Å². The van der Waals surface area contributed by atoms with Crippen molar-refractivity contribution >= 4 is 23.3 Å². The molecule has 0 unspecified atom stereocenters. The number of rotatable bonds is 1. The monoisotopic (exact) mass is 186 g/mol. The highest BCUT2D eigenvalue weighted by molar-refractivity contribution is 7.12. The van der Waals surface area contributed by atoms with Gasteiger partial charge < -0.3 is 0 Å². The quantitative estimate of drug-likeness (QED) is 0.643. The maximum atomic E-state index is 4.37. The molecule has 1 aromatic rings.